The van der Waals surface area contributed by atoms with Gasteiger partial charge in [0.1, 0.15) is 5.75 Å². The van der Waals surface area contributed by atoms with Crippen molar-refractivity contribution in [3.05, 3.63) is 47.8 Å². The first-order chi connectivity index (χ1) is 13.8. The van der Waals surface area contributed by atoms with E-state index < -0.39 is 0 Å². The fourth-order valence-electron chi connectivity index (χ4n) is 3.79. The van der Waals surface area contributed by atoms with E-state index in [1.807, 2.05) is 24.5 Å². The Bertz CT molecular complexity index is 741. The quantitative estimate of drug-likeness (QED) is 0.752. The Morgan fingerprint density at radius 1 is 0.893 bits per heavy atom. The molecular weight excluding hydrogens is 354 g/mol. The summed E-state index contributed by atoms with van der Waals surface area (Å²) >= 11 is 0. The van der Waals surface area contributed by atoms with Gasteiger partial charge in [0.05, 0.1) is 20.3 Å². The van der Waals surface area contributed by atoms with E-state index in [1.165, 1.54) is 11.1 Å². The van der Waals surface area contributed by atoms with Crippen LogP contribution in [0.25, 0.3) is 0 Å². The molecule has 0 spiro atoms. The first-order valence-corrected chi connectivity index (χ1v) is 10.0. The molecule has 0 aliphatic carbocycles. The van der Waals surface area contributed by atoms with Crippen LogP contribution < -0.4 is 9.64 Å². The first-order valence-electron chi connectivity index (χ1n) is 10.0. The highest BCUT2D eigenvalue weighted by atomic mass is 16.5. The number of hydrogen-bond acceptors (Lipinski definition) is 7. The van der Waals surface area contributed by atoms with Gasteiger partial charge in [0.25, 0.3) is 0 Å². The van der Waals surface area contributed by atoms with Crippen LogP contribution >= 0.6 is 0 Å². The molecule has 28 heavy (non-hydrogen) atoms. The Hall–Kier alpha value is -2.22. The number of aromatic nitrogens is 2. The molecule has 1 aromatic carbocycles. The summed E-state index contributed by atoms with van der Waals surface area (Å²) in [5.74, 6) is 1.79. The second-order valence-corrected chi connectivity index (χ2v) is 7.35. The van der Waals surface area contributed by atoms with E-state index in [2.05, 4.69) is 36.8 Å². The van der Waals surface area contributed by atoms with Crippen molar-refractivity contribution >= 4 is 5.95 Å². The number of morpholine rings is 1. The van der Waals surface area contributed by atoms with E-state index >= 15 is 0 Å². The van der Waals surface area contributed by atoms with Crippen LogP contribution in [0.3, 0.4) is 0 Å². The average molecular weight is 383 g/mol. The first kappa shape index (κ1) is 19.1. The molecule has 2 aliphatic rings. The zero-order valence-electron chi connectivity index (χ0n) is 16.6. The molecular formula is C21H29N5O2. The molecule has 0 unspecified atom stereocenters. The van der Waals surface area contributed by atoms with E-state index in [1.54, 1.807) is 7.11 Å². The van der Waals surface area contributed by atoms with Crippen molar-refractivity contribution in [2.24, 2.45) is 0 Å². The largest absolute Gasteiger partial charge is 0.496 e. The molecule has 0 radical (unpaired) electrons. The summed E-state index contributed by atoms with van der Waals surface area (Å²) in [6.45, 7) is 9.33. The van der Waals surface area contributed by atoms with Gasteiger partial charge in [-0.05, 0) is 6.07 Å². The summed E-state index contributed by atoms with van der Waals surface area (Å²) in [4.78, 5) is 16.3. The summed E-state index contributed by atoms with van der Waals surface area (Å²) in [7, 11) is 1.74. The standard InChI is InChI=1S/C21H29N5O2/c1-27-20-5-3-2-4-19(20)17-25-8-6-24(7-9-25)16-18-14-22-21(23-15-18)26-10-12-28-13-11-26/h2-5,14-15H,6-13,16-17H2,1H3. The van der Waals surface area contributed by atoms with E-state index in [0.29, 0.717) is 0 Å². The molecule has 7 nitrogen and oxygen atoms in total. The highest BCUT2D eigenvalue weighted by Gasteiger charge is 2.19. The van der Waals surface area contributed by atoms with Crippen LogP contribution in [0, 0.1) is 0 Å². The van der Waals surface area contributed by atoms with Crippen LogP contribution in [0.5, 0.6) is 5.75 Å². The minimum Gasteiger partial charge on any atom is -0.496 e. The molecule has 0 saturated carbocycles. The maximum atomic E-state index is 5.48. The maximum absolute atomic E-state index is 5.48. The Kier molecular flexibility index (Phi) is 6.36. The van der Waals surface area contributed by atoms with Gasteiger partial charge in [0.15, 0.2) is 0 Å². The average Bonchev–Trinajstić information content (AvgIpc) is 2.77. The molecule has 3 heterocycles. The van der Waals surface area contributed by atoms with Gasteiger partial charge in [-0.25, -0.2) is 9.97 Å². The molecule has 0 N–H and O–H groups in total. The van der Waals surface area contributed by atoms with Gasteiger partial charge in [0, 0.05) is 75.9 Å². The van der Waals surface area contributed by atoms with Crippen molar-refractivity contribution in [1.82, 2.24) is 19.8 Å². The molecule has 4 rings (SSSR count). The second-order valence-electron chi connectivity index (χ2n) is 7.35. The van der Waals surface area contributed by atoms with E-state index in [0.717, 1.165) is 77.3 Å². The third-order valence-electron chi connectivity index (χ3n) is 5.44. The predicted molar refractivity (Wildman–Crippen MR) is 109 cm³/mol. The molecule has 2 aromatic rings. The molecule has 7 heteroatoms. The molecule has 0 amide bonds. The fourth-order valence-corrected chi connectivity index (χ4v) is 3.79. The monoisotopic (exact) mass is 383 g/mol. The number of anilines is 1. The van der Waals surface area contributed by atoms with Crippen LogP contribution in [0.2, 0.25) is 0 Å². The van der Waals surface area contributed by atoms with Crippen molar-refractivity contribution in [3.63, 3.8) is 0 Å². The minimum absolute atomic E-state index is 0.754. The van der Waals surface area contributed by atoms with Crippen LogP contribution in [-0.2, 0) is 17.8 Å². The van der Waals surface area contributed by atoms with Gasteiger partial charge < -0.3 is 14.4 Å². The topological polar surface area (TPSA) is 54.0 Å². The summed E-state index contributed by atoms with van der Waals surface area (Å²) in [5.41, 5.74) is 2.43. The number of para-hydroxylation sites is 1. The second kappa shape index (κ2) is 9.32. The Balaban J connectivity index is 1.26. The van der Waals surface area contributed by atoms with Crippen molar-refractivity contribution < 1.29 is 9.47 Å². The van der Waals surface area contributed by atoms with Crippen LogP contribution in [0.15, 0.2) is 36.7 Å². The van der Waals surface area contributed by atoms with Gasteiger partial charge in [-0.1, -0.05) is 18.2 Å². The third kappa shape index (κ3) is 4.79. The number of ether oxygens (including phenoxy) is 2. The van der Waals surface area contributed by atoms with Gasteiger partial charge in [-0.3, -0.25) is 9.80 Å². The highest BCUT2D eigenvalue weighted by Crippen LogP contribution is 2.20. The normalized spacial score (nSPS) is 19.0. The number of piperazine rings is 1. The molecule has 0 atom stereocenters. The third-order valence-corrected chi connectivity index (χ3v) is 5.44. The summed E-state index contributed by atoms with van der Waals surface area (Å²) in [6.07, 6.45) is 3.94. The summed E-state index contributed by atoms with van der Waals surface area (Å²) in [5, 5.41) is 0. The molecule has 0 bridgehead atoms. The van der Waals surface area contributed by atoms with Gasteiger partial charge in [-0.2, -0.15) is 0 Å². The van der Waals surface area contributed by atoms with Crippen molar-refractivity contribution in [1.29, 1.82) is 0 Å². The molecule has 150 valence electrons. The van der Waals surface area contributed by atoms with Crippen molar-refractivity contribution in [2.45, 2.75) is 13.1 Å². The Labute approximate surface area is 166 Å². The zero-order valence-corrected chi connectivity index (χ0v) is 16.6. The molecule has 2 saturated heterocycles. The van der Waals surface area contributed by atoms with E-state index in [9.17, 15) is 0 Å². The lowest BCUT2D eigenvalue weighted by atomic mass is 10.1. The SMILES string of the molecule is COc1ccccc1CN1CCN(Cc2cnc(N3CCOCC3)nc2)CC1. The number of methoxy groups -OCH3 is 1. The molecule has 1 aromatic heterocycles. The van der Waals surface area contributed by atoms with E-state index in [4.69, 9.17) is 9.47 Å². The van der Waals surface area contributed by atoms with Gasteiger partial charge in [-0.15, -0.1) is 0 Å². The number of rotatable bonds is 6. The lowest BCUT2D eigenvalue weighted by Crippen LogP contribution is -2.45. The lowest BCUT2D eigenvalue weighted by molar-refractivity contribution is 0.120. The Morgan fingerprint density at radius 3 is 2.21 bits per heavy atom. The number of nitrogens with zero attached hydrogens (tertiary/aromatic N) is 5. The van der Waals surface area contributed by atoms with Crippen molar-refractivity contribution in [2.75, 3.05) is 64.5 Å². The van der Waals surface area contributed by atoms with Crippen LogP contribution in [-0.4, -0.2) is 79.4 Å². The molecule has 2 aliphatic heterocycles. The Morgan fingerprint density at radius 2 is 1.54 bits per heavy atom. The van der Waals surface area contributed by atoms with Gasteiger partial charge in [0.2, 0.25) is 5.95 Å². The highest BCUT2D eigenvalue weighted by molar-refractivity contribution is 5.33. The van der Waals surface area contributed by atoms with E-state index in [-0.39, 0.29) is 0 Å². The van der Waals surface area contributed by atoms with Gasteiger partial charge >= 0.3 is 0 Å². The zero-order chi connectivity index (χ0) is 19.2. The maximum Gasteiger partial charge on any atom is 0.225 e. The van der Waals surface area contributed by atoms with Crippen LogP contribution in [0.1, 0.15) is 11.1 Å². The summed E-state index contributed by atoms with van der Waals surface area (Å²) < 4.78 is 10.9. The van der Waals surface area contributed by atoms with Crippen LogP contribution in [0.4, 0.5) is 5.95 Å². The molecule has 2 fully saturated rings. The predicted octanol–water partition coefficient (Wildman–Crippen LogP) is 1.64. The summed E-state index contributed by atoms with van der Waals surface area (Å²) in [6, 6.07) is 8.28. The fraction of sp³-hybridized carbons (Fsp3) is 0.524. The smallest absolute Gasteiger partial charge is 0.225 e. The number of hydrogen-bond donors (Lipinski definition) is 0. The lowest BCUT2D eigenvalue weighted by Gasteiger charge is -2.35. The number of benzene rings is 1. The minimum atomic E-state index is 0.754. The van der Waals surface area contributed by atoms with Crippen molar-refractivity contribution in [3.8, 4) is 5.75 Å².